The van der Waals surface area contributed by atoms with Gasteiger partial charge in [0.05, 0.1) is 6.42 Å². The van der Waals surface area contributed by atoms with E-state index >= 15 is 0 Å². The molecule has 1 atom stereocenters. The molecule has 3 amide bonds. The van der Waals surface area contributed by atoms with Crippen molar-refractivity contribution in [3.8, 4) is 0 Å². The Morgan fingerprint density at radius 2 is 1.88 bits per heavy atom. The standard InChI is InChI=1S/C11H10N2O4/c14-8(7-4-2-1-3-5-7)6-11(17)9(15)12-10(16)13-11/h1-5,17H,6H2,(H2,12,13,15,16). The number of nitrogens with one attached hydrogen (secondary N) is 2. The van der Waals surface area contributed by atoms with E-state index in [1.165, 1.54) is 0 Å². The molecule has 17 heavy (non-hydrogen) atoms. The van der Waals surface area contributed by atoms with E-state index in [1.807, 2.05) is 10.6 Å². The van der Waals surface area contributed by atoms with Gasteiger partial charge in [-0.05, 0) is 0 Å². The first-order chi connectivity index (χ1) is 8.01. The third-order valence-corrected chi connectivity index (χ3v) is 2.44. The molecule has 0 saturated carbocycles. The number of aliphatic hydroxyl groups is 1. The lowest BCUT2D eigenvalue weighted by Gasteiger charge is -2.17. The van der Waals surface area contributed by atoms with Gasteiger partial charge < -0.3 is 10.4 Å². The van der Waals surface area contributed by atoms with Crippen LogP contribution in [0.3, 0.4) is 0 Å². The zero-order valence-electron chi connectivity index (χ0n) is 8.77. The average molecular weight is 234 g/mol. The number of hydrogen-bond acceptors (Lipinski definition) is 4. The number of rotatable bonds is 3. The third kappa shape index (κ3) is 2.16. The van der Waals surface area contributed by atoms with Crippen molar-refractivity contribution >= 4 is 17.7 Å². The predicted octanol–water partition coefficient (Wildman–Crippen LogP) is -0.213. The second-order valence-corrected chi connectivity index (χ2v) is 3.73. The molecule has 3 N–H and O–H groups in total. The highest BCUT2D eigenvalue weighted by Gasteiger charge is 2.46. The van der Waals surface area contributed by atoms with Crippen LogP contribution in [0.5, 0.6) is 0 Å². The Morgan fingerprint density at radius 1 is 1.24 bits per heavy atom. The zero-order valence-corrected chi connectivity index (χ0v) is 8.77. The Kier molecular flexibility index (Phi) is 2.64. The highest BCUT2D eigenvalue weighted by atomic mass is 16.3. The summed E-state index contributed by atoms with van der Waals surface area (Å²) in [6.45, 7) is 0. The van der Waals surface area contributed by atoms with Gasteiger partial charge in [0.15, 0.2) is 5.78 Å². The maximum Gasteiger partial charge on any atom is 0.324 e. The molecule has 1 unspecified atom stereocenters. The SMILES string of the molecule is O=C1NC(=O)C(O)(CC(=O)c2ccccc2)N1. The summed E-state index contributed by atoms with van der Waals surface area (Å²) in [4.78, 5) is 33.9. The molecule has 0 aromatic heterocycles. The lowest BCUT2D eigenvalue weighted by atomic mass is 10.0. The molecule has 1 fully saturated rings. The monoisotopic (exact) mass is 234 g/mol. The van der Waals surface area contributed by atoms with E-state index in [9.17, 15) is 19.5 Å². The van der Waals surface area contributed by atoms with E-state index in [1.54, 1.807) is 30.3 Å². The Balaban J connectivity index is 2.14. The van der Waals surface area contributed by atoms with E-state index in [2.05, 4.69) is 0 Å². The van der Waals surface area contributed by atoms with Crippen molar-refractivity contribution in [1.29, 1.82) is 0 Å². The Morgan fingerprint density at radius 3 is 2.41 bits per heavy atom. The minimum atomic E-state index is -2.15. The van der Waals surface area contributed by atoms with Crippen LogP contribution in [0.2, 0.25) is 0 Å². The summed E-state index contributed by atoms with van der Waals surface area (Å²) in [6, 6.07) is 7.42. The molecule has 1 saturated heterocycles. The predicted molar refractivity (Wildman–Crippen MR) is 57.0 cm³/mol. The maximum atomic E-state index is 11.8. The van der Waals surface area contributed by atoms with Crippen molar-refractivity contribution in [2.24, 2.45) is 0 Å². The van der Waals surface area contributed by atoms with Crippen LogP contribution in [0.1, 0.15) is 16.8 Å². The number of imide groups is 1. The van der Waals surface area contributed by atoms with Crippen molar-refractivity contribution < 1.29 is 19.5 Å². The molecular formula is C11H10N2O4. The van der Waals surface area contributed by atoms with Crippen molar-refractivity contribution in [2.75, 3.05) is 0 Å². The molecule has 0 bridgehead atoms. The van der Waals surface area contributed by atoms with Crippen molar-refractivity contribution in [3.63, 3.8) is 0 Å². The third-order valence-electron chi connectivity index (χ3n) is 2.44. The summed E-state index contributed by atoms with van der Waals surface area (Å²) < 4.78 is 0. The van der Waals surface area contributed by atoms with Gasteiger partial charge in [-0.15, -0.1) is 0 Å². The molecule has 1 aromatic rings. The molecule has 0 radical (unpaired) electrons. The smallest absolute Gasteiger partial charge is 0.324 e. The van der Waals surface area contributed by atoms with Gasteiger partial charge in [-0.3, -0.25) is 14.9 Å². The number of carbonyl (C=O) groups excluding carboxylic acids is 3. The van der Waals surface area contributed by atoms with Crippen molar-refractivity contribution in [2.45, 2.75) is 12.1 Å². The zero-order chi connectivity index (χ0) is 12.5. The molecule has 1 heterocycles. The van der Waals surface area contributed by atoms with E-state index in [0.29, 0.717) is 5.56 Å². The van der Waals surface area contributed by atoms with Gasteiger partial charge in [0.2, 0.25) is 5.72 Å². The van der Waals surface area contributed by atoms with E-state index in [-0.39, 0.29) is 0 Å². The summed E-state index contributed by atoms with van der Waals surface area (Å²) in [5, 5.41) is 13.7. The number of ketones is 1. The van der Waals surface area contributed by atoms with Crippen LogP contribution in [0.25, 0.3) is 0 Å². The van der Waals surface area contributed by atoms with Gasteiger partial charge in [-0.2, -0.15) is 0 Å². The summed E-state index contributed by atoms with van der Waals surface area (Å²) in [5.74, 6) is -1.34. The molecule has 6 heteroatoms. The van der Waals surface area contributed by atoms with Gasteiger partial charge in [0.1, 0.15) is 0 Å². The fraction of sp³-hybridized carbons (Fsp3) is 0.182. The van der Waals surface area contributed by atoms with Crippen LogP contribution < -0.4 is 10.6 Å². The molecule has 1 aliphatic rings. The maximum absolute atomic E-state index is 11.8. The van der Waals surface area contributed by atoms with Gasteiger partial charge in [-0.1, -0.05) is 30.3 Å². The lowest BCUT2D eigenvalue weighted by Crippen LogP contribution is -2.48. The normalized spacial score (nSPS) is 23.1. The summed E-state index contributed by atoms with van der Waals surface area (Å²) in [6.07, 6.45) is -0.491. The molecule has 6 nitrogen and oxygen atoms in total. The van der Waals surface area contributed by atoms with Gasteiger partial charge in [0.25, 0.3) is 5.91 Å². The molecule has 0 spiro atoms. The number of amides is 3. The minimum Gasteiger partial charge on any atom is -0.363 e. The largest absolute Gasteiger partial charge is 0.363 e. The van der Waals surface area contributed by atoms with Crippen LogP contribution in [0.15, 0.2) is 30.3 Å². The molecule has 88 valence electrons. The topological polar surface area (TPSA) is 95.5 Å². The Hall–Kier alpha value is -2.21. The summed E-state index contributed by atoms with van der Waals surface area (Å²) in [7, 11) is 0. The fourth-order valence-corrected chi connectivity index (χ4v) is 1.57. The minimum absolute atomic E-state index is 0.370. The number of carbonyl (C=O) groups is 3. The highest BCUT2D eigenvalue weighted by Crippen LogP contribution is 2.15. The summed E-state index contributed by atoms with van der Waals surface area (Å²) >= 11 is 0. The highest BCUT2D eigenvalue weighted by molar-refractivity contribution is 6.09. The van der Waals surface area contributed by atoms with E-state index < -0.39 is 29.9 Å². The lowest BCUT2D eigenvalue weighted by molar-refractivity contribution is -0.136. The molecule has 1 aliphatic heterocycles. The average Bonchev–Trinajstić information content (AvgIpc) is 2.53. The van der Waals surface area contributed by atoms with Crippen LogP contribution in [0.4, 0.5) is 4.79 Å². The quantitative estimate of drug-likeness (QED) is 0.498. The van der Waals surface area contributed by atoms with Crippen molar-refractivity contribution in [3.05, 3.63) is 35.9 Å². The first-order valence-electron chi connectivity index (χ1n) is 4.95. The van der Waals surface area contributed by atoms with Gasteiger partial charge in [-0.25, -0.2) is 4.79 Å². The van der Waals surface area contributed by atoms with Crippen molar-refractivity contribution in [1.82, 2.24) is 10.6 Å². The summed E-state index contributed by atoms with van der Waals surface area (Å²) in [5.41, 5.74) is -1.78. The number of benzene rings is 1. The Bertz CT molecular complexity index is 486. The molecule has 2 rings (SSSR count). The molecule has 1 aromatic carbocycles. The number of urea groups is 1. The molecular weight excluding hydrogens is 224 g/mol. The first-order valence-corrected chi connectivity index (χ1v) is 4.95. The van der Waals surface area contributed by atoms with Crippen LogP contribution in [0, 0.1) is 0 Å². The van der Waals surface area contributed by atoms with Gasteiger partial charge >= 0.3 is 6.03 Å². The van der Waals surface area contributed by atoms with E-state index in [4.69, 9.17) is 0 Å². The first kappa shape index (κ1) is 11.3. The van der Waals surface area contributed by atoms with Crippen LogP contribution in [-0.2, 0) is 4.79 Å². The van der Waals surface area contributed by atoms with Crippen LogP contribution in [-0.4, -0.2) is 28.6 Å². The molecule has 0 aliphatic carbocycles. The van der Waals surface area contributed by atoms with Gasteiger partial charge in [0, 0.05) is 5.56 Å². The van der Waals surface area contributed by atoms with E-state index in [0.717, 1.165) is 0 Å². The second-order valence-electron chi connectivity index (χ2n) is 3.73. The fourth-order valence-electron chi connectivity index (χ4n) is 1.57. The number of Topliss-reactive ketones (excluding diaryl/α,β-unsaturated/α-hetero) is 1. The second kappa shape index (κ2) is 3.99. The Labute approximate surface area is 96.6 Å². The van der Waals surface area contributed by atoms with Crippen LogP contribution >= 0.6 is 0 Å². The number of hydrogen-bond donors (Lipinski definition) is 3.